The number of methoxy groups -OCH3 is 3. The van der Waals surface area contributed by atoms with Crippen LogP contribution < -0.4 is 14.2 Å². The van der Waals surface area contributed by atoms with Crippen molar-refractivity contribution in [3.05, 3.63) is 71.0 Å². The topological polar surface area (TPSA) is 70.0 Å². The van der Waals surface area contributed by atoms with Crippen LogP contribution in [-0.2, 0) is 16.6 Å². The molecule has 3 aromatic rings. The molecule has 1 aliphatic heterocycles. The third-order valence-corrected chi connectivity index (χ3v) is 7.50. The maximum absolute atomic E-state index is 13.7. The Kier molecular flexibility index (Phi) is 5.88. The number of halogens is 1. The SMILES string of the molecule is COc1cc(C2c3cccn3CCN2S(=O)(=O)c2cccc(Cl)c2)cc(OC)c1OC. The van der Waals surface area contributed by atoms with E-state index in [4.69, 9.17) is 25.8 Å². The van der Waals surface area contributed by atoms with Crippen LogP contribution >= 0.6 is 11.6 Å². The summed E-state index contributed by atoms with van der Waals surface area (Å²) >= 11 is 6.09. The molecule has 7 nitrogen and oxygen atoms in total. The molecule has 1 unspecified atom stereocenters. The average molecular weight is 463 g/mol. The van der Waals surface area contributed by atoms with Crippen molar-refractivity contribution in [3.8, 4) is 17.2 Å². The van der Waals surface area contributed by atoms with Gasteiger partial charge in [-0.15, -0.1) is 0 Å². The lowest BCUT2D eigenvalue weighted by Crippen LogP contribution is -2.42. The second kappa shape index (κ2) is 8.45. The van der Waals surface area contributed by atoms with Crippen molar-refractivity contribution in [1.29, 1.82) is 0 Å². The molecule has 164 valence electrons. The summed E-state index contributed by atoms with van der Waals surface area (Å²) < 4.78 is 47.3. The molecule has 0 saturated heterocycles. The highest BCUT2D eigenvalue weighted by atomic mass is 35.5. The van der Waals surface area contributed by atoms with Gasteiger partial charge in [0.25, 0.3) is 0 Å². The highest BCUT2D eigenvalue weighted by Crippen LogP contribution is 2.44. The number of hydrogen-bond acceptors (Lipinski definition) is 5. The summed E-state index contributed by atoms with van der Waals surface area (Å²) in [5.74, 6) is 1.37. The molecule has 0 fully saturated rings. The summed E-state index contributed by atoms with van der Waals surface area (Å²) in [4.78, 5) is 0.150. The predicted molar refractivity (Wildman–Crippen MR) is 118 cm³/mol. The second-order valence-corrected chi connectivity index (χ2v) is 9.39. The van der Waals surface area contributed by atoms with Crippen molar-refractivity contribution in [3.63, 3.8) is 0 Å². The number of sulfonamides is 1. The van der Waals surface area contributed by atoms with Crippen LogP contribution in [-0.4, -0.2) is 45.2 Å². The van der Waals surface area contributed by atoms with Crippen LogP contribution in [0.25, 0.3) is 0 Å². The fourth-order valence-corrected chi connectivity index (χ4v) is 5.86. The summed E-state index contributed by atoms with van der Waals surface area (Å²) in [5, 5.41) is 0.366. The normalized spacial score (nSPS) is 16.6. The first-order valence-electron chi connectivity index (χ1n) is 9.63. The van der Waals surface area contributed by atoms with E-state index in [1.54, 1.807) is 30.3 Å². The smallest absolute Gasteiger partial charge is 0.244 e. The van der Waals surface area contributed by atoms with Gasteiger partial charge in [0.1, 0.15) is 0 Å². The Morgan fingerprint density at radius 3 is 2.26 bits per heavy atom. The van der Waals surface area contributed by atoms with Gasteiger partial charge in [-0.2, -0.15) is 4.31 Å². The number of benzene rings is 2. The van der Waals surface area contributed by atoms with Crippen LogP contribution in [0.5, 0.6) is 17.2 Å². The number of rotatable bonds is 6. The molecule has 1 aromatic heterocycles. The van der Waals surface area contributed by atoms with Gasteiger partial charge in [0.05, 0.1) is 32.3 Å². The number of hydrogen-bond donors (Lipinski definition) is 0. The molecule has 0 N–H and O–H groups in total. The van der Waals surface area contributed by atoms with Crippen LogP contribution in [0, 0.1) is 0 Å². The van der Waals surface area contributed by atoms with E-state index in [9.17, 15) is 8.42 Å². The maximum atomic E-state index is 13.7. The monoisotopic (exact) mass is 462 g/mol. The van der Waals surface area contributed by atoms with Crippen LogP contribution in [0.4, 0.5) is 0 Å². The van der Waals surface area contributed by atoms with Crippen molar-refractivity contribution in [2.45, 2.75) is 17.5 Å². The average Bonchev–Trinajstić information content (AvgIpc) is 3.26. The molecule has 0 aliphatic carbocycles. The molecule has 31 heavy (non-hydrogen) atoms. The van der Waals surface area contributed by atoms with E-state index in [1.165, 1.54) is 31.7 Å². The second-order valence-electron chi connectivity index (χ2n) is 7.06. The molecule has 0 bridgehead atoms. The van der Waals surface area contributed by atoms with Gasteiger partial charge in [0.2, 0.25) is 15.8 Å². The summed E-state index contributed by atoms with van der Waals surface area (Å²) in [7, 11) is 0.761. The molecule has 0 amide bonds. The van der Waals surface area contributed by atoms with E-state index in [0.717, 1.165) is 5.69 Å². The van der Waals surface area contributed by atoms with Gasteiger partial charge in [-0.1, -0.05) is 17.7 Å². The van der Waals surface area contributed by atoms with Crippen LogP contribution in [0.3, 0.4) is 0 Å². The zero-order chi connectivity index (χ0) is 22.2. The molecule has 4 rings (SSSR count). The summed E-state index contributed by atoms with van der Waals surface area (Å²) in [5.41, 5.74) is 1.56. The fourth-order valence-electron chi connectivity index (χ4n) is 3.98. The van der Waals surface area contributed by atoms with E-state index < -0.39 is 16.1 Å². The molecule has 0 radical (unpaired) electrons. The standard InChI is InChI=1S/C22H23ClN2O5S/c1-28-19-12-15(13-20(29-2)22(19)30-3)21-18-8-5-9-24(18)10-11-25(21)31(26,27)17-7-4-6-16(23)14-17/h4-9,12-14,21H,10-11H2,1-3H3. The summed E-state index contributed by atoms with van der Waals surface area (Å²) in [6.07, 6.45) is 1.95. The lowest BCUT2D eigenvalue weighted by Gasteiger charge is -2.36. The van der Waals surface area contributed by atoms with Crippen LogP contribution in [0.15, 0.2) is 59.6 Å². The number of fused-ring (bicyclic) bond motifs is 1. The minimum Gasteiger partial charge on any atom is -0.493 e. The van der Waals surface area contributed by atoms with Gasteiger partial charge < -0.3 is 18.8 Å². The molecule has 2 aromatic carbocycles. The molecule has 1 aliphatic rings. The Balaban J connectivity index is 1.91. The molecule has 1 atom stereocenters. The van der Waals surface area contributed by atoms with Gasteiger partial charge in [0, 0.05) is 30.0 Å². The maximum Gasteiger partial charge on any atom is 0.244 e. The minimum atomic E-state index is -3.83. The van der Waals surface area contributed by atoms with Gasteiger partial charge in [-0.25, -0.2) is 8.42 Å². The lowest BCUT2D eigenvalue weighted by atomic mass is 10.0. The first kappa shape index (κ1) is 21.5. The highest BCUT2D eigenvalue weighted by molar-refractivity contribution is 7.89. The van der Waals surface area contributed by atoms with E-state index in [1.807, 2.05) is 18.3 Å². The molecular formula is C22H23ClN2O5S. The molecule has 2 heterocycles. The van der Waals surface area contributed by atoms with Crippen LogP contribution in [0.1, 0.15) is 17.3 Å². The number of nitrogens with zero attached hydrogens (tertiary/aromatic N) is 2. The Labute approximate surface area is 186 Å². The summed E-state index contributed by atoms with van der Waals surface area (Å²) in [6.45, 7) is 0.848. The van der Waals surface area contributed by atoms with Gasteiger partial charge >= 0.3 is 0 Å². The Morgan fingerprint density at radius 1 is 0.935 bits per heavy atom. The Bertz CT molecular complexity index is 1180. The van der Waals surface area contributed by atoms with E-state index in [2.05, 4.69) is 4.57 Å². The quantitative estimate of drug-likeness (QED) is 0.554. The van der Waals surface area contributed by atoms with E-state index in [0.29, 0.717) is 40.9 Å². The first-order chi connectivity index (χ1) is 14.9. The zero-order valence-electron chi connectivity index (χ0n) is 17.4. The van der Waals surface area contributed by atoms with Crippen molar-refractivity contribution in [2.75, 3.05) is 27.9 Å². The molecule has 0 saturated carbocycles. The van der Waals surface area contributed by atoms with Crippen molar-refractivity contribution >= 4 is 21.6 Å². The number of ether oxygens (including phenoxy) is 3. The Morgan fingerprint density at radius 2 is 1.65 bits per heavy atom. The molecule has 0 spiro atoms. The number of aromatic nitrogens is 1. The third kappa shape index (κ3) is 3.75. The molecule has 9 heteroatoms. The fraction of sp³-hybridized carbons (Fsp3) is 0.273. The zero-order valence-corrected chi connectivity index (χ0v) is 19.0. The molecular weight excluding hydrogens is 440 g/mol. The first-order valence-corrected chi connectivity index (χ1v) is 11.4. The van der Waals surface area contributed by atoms with E-state index >= 15 is 0 Å². The van der Waals surface area contributed by atoms with Gasteiger partial charge in [-0.05, 0) is 48.0 Å². The lowest BCUT2D eigenvalue weighted by molar-refractivity contribution is 0.293. The van der Waals surface area contributed by atoms with Gasteiger partial charge in [0.15, 0.2) is 11.5 Å². The van der Waals surface area contributed by atoms with Gasteiger partial charge in [-0.3, -0.25) is 0 Å². The summed E-state index contributed by atoms with van der Waals surface area (Å²) in [6, 6.07) is 13.1. The van der Waals surface area contributed by atoms with Crippen molar-refractivity contribution in [1.82, 2.24) is 8.87 Å². The predicted octanol–water partition coefficient (Wildman–Crippen LogP) is 3.96. The van der Waals surface area contributed by atoms with Crippen LogP contribution in [0.2, 0.25) is 5.02 Å². The third-order valence-electron chi connectivity index (χ3n) is 5.40. The van der Waals surface area contributed by atoms with E-state index in [-0.39, 0.29) is 4.90 Å². The largest absolute Gasteiger partial charge is 0.493 e. The van der Waals surface area contributed by atoms with Crippen molar-refractivity contribution in [2.24, 2.45) is 0 Å². The Hall–Kier alpha value is -2.68. The highest BCUT2D eigenvalue weighted by Gasteiger charge is 2.38. The minimum absolute atomic E-state index is 0.150. The van der Waals surface area contributed by atoms with Crippen molar-refractivity contribution < 1.29 is 22.6 Å².